The number of hydrogen-bond acceptors (Lipinski definition) is 4. The van der Waals surface area contributed by atoms with Crippen LogP contribution in [0.1, 0.15) is 20.3 Å². The van der Waals surface area contributed by atoms with Crippen LogP contribution in [-0.4, -0.2) is 38.5 Å². The van der Waals surface area contributed by atoms with Gasteiger partial charge in [-0.25, -0.2) is 4.79 Å². The quantitative estimate of drug-likeness (QED) is 0.673. The first kappa shape index (κ1) is 19.5. The van der Waals surface area contributed by atoms with Crippen molar-refractivity contribution in [1.82, 2.24) is 4.90 Å². The van der Waals surface area contributed by atoms with Gasteiger partial charge in [0.25, 0.3) is 0 Å². The standard InChI is InChI=1S/C19H21ClN2O4S/c1-3-14(2)21-11-12-22(19(21)23)16-7-9-18(10-8-16)27(24,25)26-17-6-4-5-15(20)13-17/h4-10,13-14H,3,11-12H2,1-2H3. The number of carbonyl (C=O) groups is 1. The third kappa shape index (κ3) is 4.20. The third-order valence-corrected chi connectivity index (χ3v) is 6.10. The molecule has 2 amide bonds. The van der Waals surface area contributed by atoms with Crippen LogP contribution < -0.4 is 9.08 Å². The SMILES string of the molecule is CCC(C)N1CCN(c2ccc(S(=O)(=O)Oc3cccc(Cl)c3)cc2)C1=O. The average Bonchev–Trinajstić information content (AvgIpc) is 3.02. The second-order valence-corrected chi connectivity index (χ2v) is 8.36. The molecular weight excluding hydrogens is 388 g/mol. The predicted octanol–water partition coefficient (Wildman–Crippen LogP) is 4.15. The van der Waals surface area contributed by atoms with Gasteiger partial charge in [0.1, 0.15) is 10.6 Å². The van der Waals surface area contributed by atoms with Gasteiger partial charge in [-0.15, -0.1) is 0 Å². The van der Waals surface area contributed by atoms with E-state index in [0.29, 0.717) is 23.8 Å². The Morgan fingerprint density at radius 1 is 1.15 bits per heavy atom. The number of carbonyl (C=O) groups excluding carboxylic acids is 1. The topological polar surface area (TPSA) is 66.9 Å². The molecule has 1 unspecified atom stereocenters. The Morgan fingerprint density at radius 2 is 1.85 bits per heavy atom. The molecule has 3 rings (SSSR count). The molecule has 1 saturated heterocycles. The zero-order valence-corrected chi connectivity index (χ0v) is 16.7. The van der Waals surface area contributed by atoms with E-state index in [2.05, 4.69) is 0 Å². The van der Waals surface area contributed by atoms with Crippen molar-refractivity contribution in [2.75, 3.05) is 18.0 Å². The van der Waals surface area contributed by atoms with Gasteiger partial charge < -0.3 is 9.08 Å². The Hall–Kier alpha value is -2.25. The summed E-state index contributed by atoms with van der Waals surface area (Å²) in [6.07, 6.45) is 0.887. The third-order valence-electron chi connectivity index (χ3n) is 4.60. The van der Waals surface area contributed by atoms with E-state index in [4.69, 9.17) is 15.8 Å². The van der Waals surface area contributed by atoms with Crippen molar-refractivity contribution in [3.05, 3.63) is 53.6 Å². The molecule has 1 heterocycles. The smallest absolute Gasteiger partial charge is 0.339 e. The van der Waals surface area contributed by atoms with Crippen LogP contribution in [0.3, 0.4) is 0 Å². The summed E-state index contributed by atoms with van der Waals surface area (Å²) in [6, 6.07) is 12.4. The summed E-state index contributed by atoms with van der Waals surface area (Å²) in [7, 11) is -3.98. The van der Waals surface area contributed by atoms with Crippen LogP contribution in [0.4, 0.5) is 10.5 Å². The van der Waals surface area contributed by atoms with Gasteiger partial charge in [-0.3, -0.25) is 4.90 Å². The molecule has 0 aliphatic carbocycles. The van der Waals surface area contributed by atoms with Crippen LogP contribution in [0.15, 0.2) is 53.4 Å². The molecule has 27 heavy (non-hydrogen) atoms. The molecule has 0 bridgehead atoms. The molecule has 8 heteroatoms. The molecule has 1 aliphatic rings. The number of nitrogens with zero attached hydrogens (tertiary/aromatic N) is 2. The summed E-state index contributed by atoms with van der Waals surface area (Å²) in [5.41, 5.74) is 0.660. The highest BCUT2D eigenvalue weighted by Crippen LogP contribution is 2.26. The van der Waals surface area contributed by atoms with Gasteiger partial charge >= 0.3 is 16.1 Å². The van der Waals surface area contributed by atoms with Gasteiger partial charge in [0.2, 0.25) is 0 Å². The molecule has 0 saturated carbocycles. The molecule has 0 aromatic heterocycles. The van der Waals surface area contributed by atoms with E-state index in [1.165, 1.54) is 24.3 Å². The van der Waals surface area contributed by atoms with Crippen molar-refractivity contribution in [3.8, 4) is 5.75 Å². The van der Waals surface area contributed by atoms with E-state index < -0.39 is 10.1 Å². The fourth-order valence-corrected chi connectivity index (χ4v) is 4.01. The number of anilines is 1. The van der Waals surface area contributed by atoms with Gasteiger partial charge in [-0.2, -0.15) is 8.42 Å². The van der Waals surface area contributed by atoms with Gasteiger partial charge in [-0.1, -0.05) is 24.6 Å². The summed E-state index contributed by atoms with van der Waals surface area (Å²) >= 11 is 5.86. The molecular formula is C19H21ClN2O4S. The van der Waals surface area contributed by atoms with Crippen molar-refractivity contribution >= 4 is 33.4 Å². The van der Waals surface area contributed by atoms with Gasteiger partial charge in [-0.05, 0) is 49.7 Å². The van der Waals surface area contributed by atoms with E-state index >= 15 is 0 Å². The van der Waals surface area contributed by atoms with Crippen molar-refractivity contribution in [2.24, 2.45) is 0 Å². The van der Waals surface area contributed by atoms with Gasteiger partial charge in [0, 0.05) is 35.9 Å². The normalized spacial score (nSPS) is 15.9. The maximum atomic E-state index is 12.6. The summed E-state index contributed by atoms with van der Waals surface area (Å²) in [6.45, 7) is 5.30. The molecule has 0 radical (unpaired) electrons. The minimum absolute atomic E-state index is 0.0108. The molecule has 0 N–H and O–H groups in total. The summed E-state index contributed by atoms with van der Waals surface area (Å²) in [5.74, 6) is 0.144. The molecule has 6 nitrogen and oxygen atoms in total. The number of urea groups is 1. The molecule has 1 aliphatic heterocycles. The lowest BCUT2D eigenvalue weighted by Crippen LogP contribution is -2.37. The Morgan fingerprint density at radius 3 is 2.48 bits per heavy atom. The molecule has 144 valence electrons. The van der Waals surface area contributed by atoms with Crippen LogP contribution in [0.5, 0.6) is 5.75 Å². The first-order valence-electron chi connectivity index (χ1n) is 8.70. The van der Waals surface area contributed by atoms with Crippen LogP contribution in [-0.2, 0) is 10.1 Å². The van der Waals surface area contributed by atoms with E-state index in [1.54, 1.807) is 29.2 Å². The fourth-order valence-electron chi connectivity index (χ4n) is 2.91. The second kappa shape index (κ2) is 7.78. The highest BCUT2D eigenvalue weighted by molar-refractivity contribution is 7.87. The predicted molar refractivity (Wildman–Crippen MR) is 105 cm³/mol. The highest BCUT2D eigenvalue weighted by Gasteiger charge is 2.32. The lowest BCUT2D eigenvalue weighted by molar-refractivity contribution is 0.203. The summed E-state index contributed by atoms with van der Waals surface area (Å²) in [4.78, 5) is 16.0. The Labute approximate surface area is 164 Å². The van der Waals surface area contributed by atoms with Crippen molar-refractivity contribution in [3.63, 3.8) is 0 Å². The number of hydrogen-bond donors (Lipinski definition) is 0. The fraction of sp³-hybridized carbons (Fsp3) is 0.316. The largest absolute Gasteiger partial charge is 0.379 e. The Bertz CT molecular complexity index is 931. The minimum atomic E-state index is -3.98. The van der Waals surface area contributed by atoms with E-state index in [9.17, 15) is 13.2 Å². The molecule has 2 aromatic carbocycles. The molecule has 0 spiro atoms. The molecule has 2 aromatic rings. The monoisotopic (exact) mass is 408 g/mol. The Kier molecular flexibility index (Phi) is 5.62. The maximum absolute atomic E-state index is 12.6. The highest BCUT2D eigenvalue weighted by atomic mass is 35.5. The Balaban J connectivity index is 1.76. The number of amides is 2. The maximum Gasteiger partial charge on any atom is 0.339 e. The molecule has 1 atom stereocenters. The van der Waals surface area contributed by atoms with Crippen LogP contribution in [0, 0.1) is 0 Å². The zero-order chi connectivity index (χ0) is 19.6. The first-order chi connectivity index (χ1) is 12.8. The van der Waals surface area contributed by atoms with Crippen LogP contribution in [0.25, 0.3) is 0 Å². The lowest BCUT2D eigenvalue weighted by atomic mass is 10.2. The summed E-state index contributed by atoms with van der Waals surface area (Å²) in [5, 5.41) is 0.386. The van der Waals surface area contributed by atoms with E-state index in [1.807, 2.05) is 18.7 Å². The van der Waals surface area contributed by atoms with Crippen molar-refractivity contribution in [2.45, 2.75) is 31.2 Å². The van der Waals surface area contributed by atoms with Gasteiger partial charge in [0.05, 0.1) is 0 Å². The zero-order valence-electron chi connectivity index (χ0n) is 15.1. The van der Waals surface area contributed by atoms with Crippen LogP contribution >= 0.6 is 11.6 Å². The number of benzene rings is 2. The molecule has 1 fully saturated rings. The number of halogens is 1. The lowest BCUT2D eigenvalue weighted by Gasteiger charge is -2.23. The number of rotatable bonds is 6. The van der Waals surface area contributed by atoms with Crippen molar-refractivity contribution in [1.29, 1.82) is 0 Å². The first-order valence-corrected chi connectivity index (χ1v) is 10.5. The van der Waals surface area contributed by atoms with Crippen molar-refractivity contribution < 1.29 is 17.4 Å². The summed E-state index contributed by atoms with van der Waals surface area (Å²) < 4.78 is 30.0. The second-order valence-electron chi connectivity index (χ2n) is 6.37. The van der Waals surface area contributed by atoms with E-state index in [0.717, 1.165) is 6.42 Å². The average molecular weight is 409 g/mol. The van der Waals surface area contributed by atoms with E-state index in [-0.39, 0.29) is 22.7 Å². The van der Waals surface area contributed by atoms with Crippen LogP contribution in [0.2, 0.25) is 5.02 Å². The minimum Gasteiger partial charge on any atom is -0.379 e. The van der Waals surface area contributed by atoms with Gasteiger partial charge in [0.15, 0.2) is 0 Å².